The number of aliphatic hydroxyl groups is 3. The number of ketones is 3. The molecule has 15 atom stereocenters. The van der Waals surface area contributed by atoms with E-state index < -0.39 is 71.8 Å². The first kappa shape index (κ1) is 61.8. The molecular formula is C55H89NO15. The average Bonchev–Trinajstić information content (AvgIpc) is 3.37. The molecule has 4 aliphatic heterocycles. The van der Waals surface area contributed by atoms with Crippen LogP contribution in [0.15, 0.2) is 47.6 Å². The molecule has 1 saturated carbocycles. The van der Waals surface area contributed by atoms with Gasteiger partial charge in [-0.25, -0.2) is 4.79 Å². The van der Waals surface area contributed by atoms with Gasteiger partial charge in [-0.15, -0.1) is 0 Å². The van der Waals surface area contributed by atoms with Crippen molar-refractivity contribution in [3.05, 3.63) is 47.6 Å². The van der Waals surface area contributed by atoms with Crippen LogP contribution in [-0.2, 0) is 57.1 Å². The van der Waals surface area contributed by atoms with Gasteiger partial charge in [0.25, 0.3) is 11.7 Å². The fourth-order valence-electron chi connectivity index (χ4n) is 11.3. The normalized spacial score (nSPS) is 38.5. The molecule has 4 heterocycles. The van der Waals surface area contributed by atoms with E-state index in [1.54, 1.807) is 34.1 Å². The Morgan fingerprint density at radius 3 is 2.15 bits per heavy atom. The number of ether oxygens (including phenoxy) is 7. The number of carbonyl (C=O) groups is 5. The minimum absolute atomic E-state index is 0.00808. The number of allylic oxidation sites excluding steroid dienone is 6. The van der Waals surface area contributed by atoms with Gasteiger partial charge in [0.2, 0.25) is 5.79 Å². The summed E-state index contributed by atoms with van der Waals surface area (Å²) < 4.78 is 41.7. The molecule has 16 nitrogen and oxygen atoms in total. The third-order valence-corrected chi connectivity index (χ3v) is 15.2. The highest BCUT2D eigenvalue weighted by Gasteiger charge is 2.57. The summed E-state index contributed by atoms with van der Waals surface area (Å²) in [6, 6.07) is -1.11. The molecule has 16 heteroatoms. The fourth-order valence-corrected chi connectivity index (χ4v) is 11.3. The van der Waals surface area contributed by atoms with Gasteiger partial charge in [-0.3, -0.25) is 19.2 Å². The lowest BCUT2D eigenvalue weighted by molar-refractivity contribution is -0.266. The van der Waals surface area contributed by atoms with Crippen molar-refractivity contribution >= 4 is 29.2 Å². The zero-order valence-corrected chi connectivity index (χ0v) is 44.8. The lowest BCUT2D eigenvalue weighted by Gasteiger charge is -2.50. The first-order valence-corrected chi connectivity index (χ1v) is 26.0. The maximum atomic E-state index is 14.5. The smallest absolute Gasteiger partial charge is 0.329 e. The van der Waals surface area contributed by atoms with E-state index in [1.807, 2.05) is 65.0 Å². The monoisotopic (exact) mass is 1000 g/mol. The number of carbonyl (C=O) groups excluding carboxylic acids is 5. The van der Waals surface area contributed by atoms with Crippen LogP contribution in [0, 0.1) is 35.5 Å². The van der Waals surface area contributed by atoms with Gasteiger partial charge >= 0.3 is 5.97 Å². The zero-order valence-electron chi connectivity index (χ0n) is 44.8. The van der Waals surface area contributed by atoms with Gasteiger partial charge in [0.1, 0.15) is 30.1 Å². The highest BCUT2D eigenvalue weighted by molar-refractivity contribution is 6.39. The second-order valence-corrected chi connectivity index (χ2v) is 19.8. The van der Waals surface area contributed by atoms with Gasteiger partial charge in [0.15, 0.2) is 5.78 Å². The van der Waals surface area contributed by atoms with Crippen LogP contribution in [0.25, 0.3) is 0 Å². The summed E-state index contributed by atoms with van der Waals surface area (Å²) >= 11 is 0. The van der Waals surface area contributed by atoms with Crippen molar-refractivity contribution in [1.29, 1.82) is 0 Å². The number of esters is 1. The second-order valence-electron chi connectivity index (χ2n) is 19.8. The van der Waals surface area contributed by atoms with Crippen molar-refractivity contribution in [2.75, 3.05) is 55.3 Å². The maximum absolute atomic E-state index is 14.5. The number of Topliss-reactive ketones (excluding diaryl/α,β-unsaturated/α-hetero) is 3. The van der Waals surface area contributed by atoms with Crippen molar-refractivity contribution < 1.29 is 72.5 Å². The fraction of sp³-hybridized carbons (Fsp3) is 0.764. The summed E-state index contributed by atoms with van der Waals surface area (Å²) in [6.45, 7) is 13.6. The van der Waals surface area contributed by atoms with Crippen molar-refractivity contribution in [2.45, 2.75) is 180 Å². The third kappa shape index (κ3) is 16.3. The molecule has 4 fully saturated rings. The minimum Gasteiger partial charge on any atom is -0.460 e. The molecule has 4 bridgehead atoms. The Labute approximate surface area is 423 Å². The third-order valence-electron chi connectivity index (χ3n) is 15.2. The van der Waals surface area contributed by atoms with E-state index in [9.17, 15) is 34.2 Å². The summed E-state index contributed by atoms with van der Waals surface area (Å²) in [5, 5.41) is 28.5. The van der Waals surface area contributed by atoms with Crippen molar-refractivity contribution in [3.8, 4) is 0 Å². The van der Waals surface area contributed by atoms with E-state index >= 15 is 0 Å². The van der Waals surface area contributed by atoms with Gasteiger partial charge in [0, 0.05) is 79.1 Å². The van der Waals surface area contributed by atoms with E-state index in [2.05, 4.69) is 0 Å². The lowest BCUT2D eigenvalue weighted by atomic mass is 9.68. The van der Waals surface area contributed by atoms with Crippen LogP contribution in [0.3, 0.4) is 0 Å². The largest absolute Gasteiger partial charge is 0.460 e. The molecule has 0 aromatic carbocycles. The van der Waals surface area contributed by atoms with Crippen LogP contribution < -0.4 is 0 Å². The number of rotatable bonds is 9. The van der Waals surface area contributed by atoms with Gasteiger partial charge < -0.3 is 53.4 Å². The number of piperidine rings is 1. The quantitative estimate of drug-likeness (QED) is 0.128. The van der Waals surface area contributed by atoms with Crippen molar-refractivity contribution in [2.24, 2.45) is 35.5 Å². The van der Waals surface area contributed by atoms with Crippen LogP contribution in [0.5, 0.6) is 0 Å². The standard InChI is InChI=1S/C52H79NO14.C2H6.CH4O/c1-31-14-11-10-12-15-32(2)42(61-6)30-38-21-18-35(5)52(60,67-38)49(57)50(58)53-23-13-16-39-40(27-36-19-22-41(65-25-24-54)44(28-36)62-7)43(66-51(59)45(39)53)29-37(55)20-17-33(3)47(63-8)48(64-9)46(56)34(4)26-31;2*1-2/h10-12,14-15,17,31,34-36,38-45,47-48,54,60H,13,16,18-30H2,1-9H3;1-2H3;2H,1H3/b12-10+,14-11+,32-15+,33-17+;;/t31-,34-,35-,36+,38+,39-,40?,41-,42+,43+,44-,45+,47-,48+,52-;;/m1../s1. The average molecular weight is 1000 g/mol. The number of aliphatic hydroxyl groups excluding tert-OH is 2. The van der Waals surface area contributed by atoms with Gasteiger partial charge in [-0.1, -0.05) is 71.1 Å². The van der Waals surface area contributed by atoms with Gasteiger partial charge in [-0.05, 0) is 101 Å². The first-order chi connectivity index (χ1) is 34.0. The summed E-state index contributed by atoms with van der Waals surface area (Å²) in [7, 11) is 7.21. The first-order valence-electron chi connectivity index (χ1n) is 26.0. The second kappa shape index (κ2) is 30.7. The molecule has 0 spiro atoms. The van der Waals surface area contributed by atoms with Crippen molar-refractivity contribution in [1.82, 2.24) is 4.90 Å². The zero-order chi connectivity index (χ0) is 53.0. The summed E-state index contributed by atoms with van der Waals surface area (Å²) in [4.78, 5) is 72.4. The number of hydrogen-bond acceptors (Lipinski definition) is 15. The number of methoxy groups -OCH3 is 4. The molecule has 0 aromatic rings. The molecule has 1 aliphatic carbocycles. The highest BCUT2D eigenvalue weighted by Crippen LogP contribution is 2.45. The molecule has 1 amide bonds. The maximum Gasteiger partial charge on any atom is 0.329 e. The van der Waals surface area contributed by atoms with Crippen LogP contribution in [0.1, 0.15) is 126 Å². The van der Waals surface area contributed by atoms with E-state index in [-0.39, 0.29) is 80.0 Å². The molecule has 404 valence electrons. The summed E-state index contributed by atoms with van der Waals surface area (Å²) in [6.07, 6.45) is 13.0. The Balaban J connectivity index is 0.00000324. The Kier molecular flexibility index (Phi) is 26.7. The number of hydrogen-bond donors (Lipinski definition) is 3. The topological polar surface area (TPSA) is 214 Å². The summed E-state index contributed by atoms with van der Waals surface area (Å²) in [5.74, 6) is -7.21. The van der Waals surface area contributed by atoms with Crippen LogP contribution >= 0.6 is 0 Å². The molecular weight excluding hydrogens is 915 g/mol. The molecule has 0 radical (unpaired) electrons. The van der Waals surface area contributed by atoms with E-state index in [4.69, 9.17) is 38.3 Å². The predicted molar refractivity (Wildman–Crippen MR) is 269 cm³/mol. The Bertz CT molecular complexity index is 1830. The Morgan fingerprint density at radius 1 is 0.803 bits per heavy atom. The van der Waals surface area contributed by atoms with E-state index in [0.29, 0.717) is 63.4 Å². The molecule has 3 N–H and O–H groups in total. The molecule has 5 aliphatic rings. The number of fused-ring (bicyclic) bond motifs is 4. The molecule has 71 heavy (non-hydrogen) atoms. The van der Waals surface area contributed by atoms with Gasteiger partial charge in [-0.2, -0.15) is 0 Å². The van der Waals surface area contributed by atoms with Crippen LogP contribution in [0.4, 0.5) is 0 Å². The van der Waals surface area contributed by atoms with Crippen molar-refractivity contribution in [3.63, 3.8) is 0 Å². The number of nitrogens with zero attached hydrogens (tertiary/aromatic N) is 1. The Morgan fingerprint density at radius 2 is 1.51 bits per heavy atom. The van der Waals surface area contributed by atoms with E-state index in [1.165, 1.54) is 19.1 Å². The lowest BCUT2D eigenvalue weighted by Crippen LogP contribution is -2.65. The Hall–Kier alpha value is -3.45. The number of amides is 1. The SMILES string of the molecule is CC.CO.CO[C@H]1C[C@@H]2CC[C@@H](C)[C@@](O)(O2)C(=O)C(=O)N2CCC[C@@H]3C(C[C@@H]4CC[C@@H](OCCO)[C@H](OC)C4)[C@H](CC(=O)C/C=C(\C)[C@@H](OC)[C@@H](OC)C(=O)[C@H](C)C[C@H](C)/C=C/C=C/C=C/1C)OC(=O)[C@H]32. The molecule has 3 saturated heterocycles. The molecule has 5 rings (SSSR count). The highest BCUT2D eigenvalue weighted by atomic mass is 16.6. The minimum atomic E-state index is -2.43. The van der Waals surface area contributed by atoms with Crippen LogP contribution in [0.2, 0.25) is 0 Å². The van der Waals surface area contributed by atoms with E-state index in [0.717, 1.165) is 19.1 Å². The summed E-state index contributed by atoms with van der Waals surface area (Å²) in [5.41, 5.74) is 1.55. The predicted octanol–water partition coefficient (Wildman–Crippen LogP) is 6.46. The molecule has 1 unspecified atom stereocenters. The van der Waals surface area contributed by atoms with Crippen LogP contribution in [-0.4, -0.2) is 159 Å². The molecule has 0 aromatic heterocycles. The van der Waals surface area contributed by atoms with Gasteiger partial charge in [0.05, 0.1) is 37.6 Å².